The summed E-state index contributed by atoms with van der Waals surface area (Å²) in [6.07, 6.45) is 3.02. The number of aliphatic hydroxyl groups is 1. The van der Waals surface area contributed by atoms with Crippen molar-refractivity contribution in [2.45, 2.75) is 31.6 Å². The second-order valence-electron chi connectivity index (χ2n) is 4.23. The molecule has 0 amide bonds. The van der Waals surface area contributed by atoms with E-state index in [2.05, 4.69) is 25.8 Å². The second-order valence-corrected chi connectivity index (χ2v) is 6.07. The van der Waals surface area contributed by atoms with Gasteiger partial charge in [-0.05, 0) is 11.6 Å². The predicted octanol–water partition coefficient (Wildman–Crippen LogP) is 2.65. The van der Waals surface area contributed by atoms with Crippen molar-refractivity contribution in [3.8, 4) is 0 Å². The minimum atomic E-state index is -0.409. The third-order valence-electron chi connectivity index (χ3n) is 1.74. The Balaban J connectivity index is 2.48. The van der Waals surface area contributed by atoms with E-state index in [1.165, 1.54) is 0 Å². The molecule has 1 unspecified atom stereocenters. The predicted molar refractivity (Wildman–Crippen MR) is 61.4 cm³/mol. The van der Waals surface area contributed by atoms with Gasteiger partial charge in [-0.3, -0.25) is 4.98 Å². The van der Waals surface area contributed by atoms with Gasteiger partial charge in [0.15, 0.2) is 0 Å². The van der Waals surface area contributed by atoms with Crippen molar-refractivity contribution in [1.29, 1.82) is 0 Å². The molecule has 1 aromatic rings. The lowest BCUT2D eigenvalue weighted by atomic mass is 10.2. The molecular weight excluding hydrogens is 194 g/mol. The highest BCUT2D eigenvalue weighted by atomic mass is 32.2. The van der Waals surface area contributed by atoms with E-state index in [9.17, 15) is 5.11 Å². The van der Waals surface area contributed by atoms with Crippen LogP contribution in [0.1, 0.15) is 32.4 Å². The monoisotopic (exact) mass is 211 g/mol. The van der Waals surface area contributed by atoms with Crippen molar-refractivity contribution in [2.24, 2.45) is 0 Å². The molecule has 0 radical (unpaired) electrons. The van der Waals surface area contributed by atoms with Crippen molar-refractivity contribution in [2.75, 3.05) is 5.75 Å². The zero-order valence-electron chi connectivity index (χ0n) is 8.90. The fraction of sp³-hybridized carbons (Fsp3) is 0.545. The molecule has 0 aliphatic carbocycles. The Morgan fingerprint density at radius 2 is 2.21 bits per heavy atom. The lowest BCUT2D eigenvalue weighted by molar-refractivity contribution is 0.203. The smallest absolute Gasteiger partial charge is 0.0895 e. The van der Waals surface area contributed by atoms with E-state index < -0.39 is 6.10 Å². The standard InChI is InChI=1S/C11H17NOS/c1-11(2,3)14-8-10(13)9-5-4-6-12-7-9/h4-7,10,13H,8H2,1-3H3. The first-order chi connectivity index (χ1) is 6.49. The molecule has 0 aliphatic rings. The summed E-state index contributed by atoms with van der Waals surface area (Å²) < 4.78 is 0.198. The lowest BCUT2D eigenvalue weighted by Crippen LogP contribution is -2.12. The van der Waals surface area contributed by atoms with E-state index in [1.54, 1.807) is 24.2 Å². The molecule has 3 heteroatoms. The molecule has 1 rings (SSSR count). The van der Waals surface area contributed by atoms with Crippen LogP contribution in [0.2, 0.25) is 0 Å². The molecule has 14 heavy (non-hydrogen) atoms. The van der Waals surface area contributed by atoms with E-state index in [4.69, 9.17) is 0 Å². The molecule has 78 valence electrons. The zero-order chi connectivity index (χ0) is 10.6. The Morgan fingerprint density at radius 1 is 1.50 bits per heavy atom. The first kappa shape index (κ1) is 11.5. The summed E-state index contributed by atoms with van der Waals surface area (Å²) in [4.78, 5) is 3.98. The normalized spacial score (nSPS) is 14.0. The highest BCUT2D eigenvalue weighted by Crippen LogP contribution is 2.27. The van der Waals surface area contributed by atoms with Crippen LogP contribution in [0.3, 0.4) is 0 Å². The fourth-order valence-electron chi connectivity index (χ4n) is 0.998. The second kappa shape index (κ2) is 4.80. The number of thioether (sulfide) groups is 1. The number of aromatic nitrogens is 1. The summed E-state index contributed by atoms with van der Waals surface area (Å²) in [5, 5.41) is 9.82. The maximum atomic E-state index is 9.82. The molecular formula is C11H17NOS. The van der Waals surface area contributed by atoms with Gasteiger partial charge in [0, 0.05) is 22.9 Å². The number of aliphatic hydroxyl groups excluding tert-OH is 1. The number of pyridine rings is 1. The summed E-state index contributed by atoms with van der Waals surface area (Å²) >= 11 is 1.76. The van der Waals surface area contributed by atoms with Crippen molar-refractivity contribution in [3.05, 3.63) is 30.1 Å². The largest absolute Gasteiger partial charge is 0.387 e. The van der Waals surface area contributed by atoms with Gasteiger partial charge in [-0.25, -0.2) is 0 Å². The Labute approximate surface area is 89.8 Å². The first-order valence-corrected chi connectivity index (χ1v) is 5.69. The molecule has 1 heterocycles. The third-order valence-corrected chi connectivity index (χ3v) is 3.09. The van der Waals surface area contributed by atoms with Crippen LogP contribution in [0.5, 0.6) is 0 Å². The van der Waals surface area contributed by atoms with Gasteiger partial charge in [0.25, 0.3) is 0 Å². The van der Waals surface area contributed by atoms with Gasteiger partial charge in [-0.15, -0.1) is 0 Å². The highest BCUT2D eigenvalue weighted by Gasteiger charge is 2.14. The third kappa shape index (κ3) is 4.11. The topological polar surface area (TPSA) is 33.1 Å². The van der Waals surface area contributed by atoms with Crippen LogP contribution in [-0.4, -0.2) is 20.6 Å². The molecule has 1 atom stereocenters. The molecule has 0 spiro atoms. The Kier molecular flexibility index (Phi) is 3.96. The van der Waals surface area contributed by atoms with Gasteiger partial charge in [-0.1, -0.05) is 26.8 Å². The Morgan fingerprint density at radius 3 is 2.71 bits per heavy atom. The highest BCUT2D eigenvalue weighted by molar-refractivity contribution is 8.00. The molecule has 0 aromatic carbocycles. The van der Waals surface area contributed by atoms with Gasteiger partial charge >= 0.3 is 0 Å². The van der Waals surface area contributed by atoms with Gasteiger partial charge < -0.3 is 5.11 Å². The number of hydrogen-bond donors (Lipinski definition) is 1. The van der Waals surface area contributed by atoms with E-state index in [0.29, 0.717) is 0 Å². The average molecular weight is 211 g/mol. The summed E-state index contributed by atoms with van der Waals surface area (Å²) in [7, 11) is 0. The summed E-state index contributed by atoms with van der Waals surface area (Å²) in [5.74, 6) is 0.717. The van der Waals surface area contributed by atoms with Crippen LogP contribution >= 0.6 is 11.8 Å². The first-order valence-electron chi connectivity index (χ1n) is 4.71. The minimum Gasteiger partial charge on any atom is -0.387 e. The number of rotatable bonds is 3. The number of hydrogen-bond acceptors (Lipinski definition) is 3. The molecule has 1 N–H and O–H groups in total. The average Bonchev–Trinajstić information content (AvgIpc) is 2.14. The Bertz CT molecular complexity index is 268. The van der Waals surface area contributed by atoms with Crippen molar-refractivity contribution in [3.63, 3.8) is 0 Å². The molecule has 1 aromatic heterocycles. The summed E-state index contributed by atoms with van der Waals surface area (Å²) in [5.41, 5.74) is 0.893. The van der Waals surface area contributed by atoms with Gasteiger partial charge in [0.2, 0.25) is 0 Å². The van der Waals surface area contributed by atoms with E-state index in [-0.39, 0.29) is 4.75 Å². The van der Waals surface area contributed by atoms with Crippen LogP contribution in [0.4, 0.5) is 0 Å². The fourth-order valence-corrected chi connectivity index (χ4v) is 1.85. The van der Waals surface area contributed by atoms with Crippen molar-refractivity contribution >= 4 is 11.8 Å². The van der Waals surface area contributed by atoms with Crippen LogP contribution < -0.4 is 0 Å². The van der Waals surface area contributed by atoms with Gasteiger partial charge in [0.1, 0.15) is 0 Å². The van der Waals surface area contributed by atoms with Crippen LogP contribution in [0.15, 0.2) is 24.5 Å². The molecule has 0 saturated carbocycles. The van der Waals surface area contributed by atoms with Gasteiger partial charge in [0.05, 0.1) is 6.10 Å². The van der Waals surface area contributed by atoms with Crippen molar-refractivity contribution < 1.29 is 5.11 Å². The van der Waals surface area contributed by atoms with E-state index in [1.807, 2.05) is 12.1 Å². The maximum absolute atomic E-state index is 9.82. The van der Waals surface area contributed by atoms with E-state index in [0.717, 1.165) is 11.3 Å². The Hall–Kier alpha value is -0.540. The van der Waals surface area contributed by atoms with Gasteiger partial charge in [-0.2, -0.15) is 11.8 Å². The maximum Gasteiger partial charge on any atom is 0.0895 e. The zero-order valence-corrected chi connectivity index (χ0v) is 9.71. The number of nitrogens with zero attached hydrogens (tertiary/aromatic N) is 1. The lowest BCUT2D eigenvalue weighted by Gasteiger charge is -2.19. The molecule has 0 aliphatic heterocycles. The summed E-state index contributed by atoms with van der Waals surface area (Å²) in [6.45, 7) is 6.44. The van der Waals surface area contributed by atoms with Crippen molar-refractivity contribution in [1.82, 2.24) is 4.98 Å². The SMILES string of the molecule is CC(C)(C)SCC(O)c1cccnc1. The summed E-state index contributed by atoms with van der Waals surface area (Å²) in [6, 6.07) is 3.75. The molecule has 0 saturated heterocycles. The van der Waals surface area contributed by atoms with Crippen LogP contribution in [-0.2, 0) is 0 Å². The molecule has 0 bridgehead atoms. The van der Waals surface area contributed by atoms with Crippen LogP contribution in [0.25, 0.3) is 0 Å². The quantitative estimate of drug-likeness (QED) is 0.834. The van der Waals surface area contributed by atoms with Crippen LogP contribution in [0, 0.1) is 0 Å². The molecule has 0 fully saturated rings. The minimum absolute atomic E-state index is 0.198. The molecule has 2 nitrogen and oxygen atoms in total. The van der Waals surface area contributed by atoms with E-state index >= 15 is 0 Å².